The minimum atomic E-state index is 0.153. The lowest BCUT2D eigenvalue weighted by Crippen LogP contribution is -2.44. The van der Waals surface area contributed by atoms with Crippen LogP contribution in [0.5, 0.6) is 0 Å². The van der Waals surface area contributed by atoms with Crippen molar-refractivity contribution in [3.63, 3.8) is 0 Å². The molecule has 0 fully saturated rings. The third kappa shape index (κ3) is 4.27. The van der Waals surface area contributed by atoms with E-state index in [9.17, 15) is 0 Å². The van der Waals surface area contributed by atoms with Crippen LogP contribution in [0.1, 0.15) is 40.0 Å². The van der Waals surface area contributed by atoms with Gasteiger partial charge in [-0.15, -0.1) is 0 Å². The second-order valence-corrected chi connectivity index (χ2v) is 3.42. The number of hydrogen-bond donors (Lipinski definition) is 2. The Morgan fingerprint density at radius 3 is 1.92 bits per heavy atom. The molecule has 0 aliphatic heterocycles. The van der Waals surface area contributed by atoms with E-state index in [-0.39, 0.29) is 6.04 Å². The summed E-state index contributed by atoms with van der Waals surface area (Å²) < 4.78 is 0. The highest BCUT2D eigenvalue weighted by Gasteiger charge is 2.17. The van der Waals surface area contributed by atoms with Crippen molar-refractivity contribution in [3.05, 3.63) is 0 Å². The van der Waals surface area contributed by atoms with Crippen LogP contribution in [0.3, 0.4) is 0 Å². The first-order valence-electron chi connectivity index (χ1n) is 5.25. The van der Waals surface area contributed by atoms with E-state index in [1.807, 2.05) is 0 Å². The number of amidine groups is 1. The normalized spacial score (nSPS) is 13.2. The minimum absolute atomic E-state index is 0.153. The zero-order chi connectivity index (χ0) is 10.3. The standard InChI is InChI=1S/C10H23N3/c1-4-7-13(8-5-2)9(6-3)10(11)12/h9H,4-8H2,1-3H3,(H3,11,12). The summed E-state index contributed by atoms with van der Waals surface area (Å²) in [6.45, 7) is 8.51. The van der Waals surface area contributed by atoms with Gasteiger partial charge >= 0.3 is 0 Å². The summed E-state index contributed by atoms with van der Waals surface area (Å²) in [5, 5.41) is 7.47. The molecule has 3 nitrogen and oxygen atoms in total. The van der Waals surface area contributed by atoms with Gasteiger partial charge in [-0.1, -0.05) is 20.8 Å². The maximum Gasteiger partial charge on any atom is 0.108 e. The number of hydrogen-bond acceptors (Lipinski definition) is 2. The number of nitrogens with one attached hydrogen (secondary N) is 1. The van der Waals surface area contributed by atoms with Gasteiger partial charge in [0.1, 0.15) is 5.84 Å². The third-order valence-electron chi connectivity index (χ3n) is 2.21. The van der Waals surface area contributed by atoms with Crippen molar-refractivity contribution in [2.24, 2.45) is 5.73 Å². The maximum atomic E-state index is 7.47. The van der Waals surface area contributed by atoms with E-state index in [0.717, 1.165) is 32.4 Å². The van der Waals surface area contributed by atoms with Crippen LogP contribution in [0.25, 0.3) is 0 Å². The van der Waals surface area contributed by atoms with Crippen LogP contribution in [-0.2, 0) is 0 Å². The number of nitrogens with zero attached hydrogens (tertiary/aromatic N) is 1. The van der Waals surface area contributed by atoms with Crippen LogP contribution in [0, 0.1) is 5.41 Å². The molecule has 0 saturated carbocycles. The minimum Gasteiger partial charge on any atom is -0.386 e. The molecular formula is C10H23N3. The first-order chi connectivity index (χ1) is 6.17. The van der Waals surface area contributed by atoms with Crippen molar-refractivity contribution < 1.29 is 0 Å². The lowest BCUT2D eigenvalue weighted by atomic mass is 10.1. The Hall–Kier alpha value is -0.570. The Morgan fingerprint density at radius 2 is 1.69 bits per heavy atom. The molecule has 0 spiro atoms. The van der Waals surface area contributed by atoms with E-state index in [1.54, 1.807) is 0 Å². The topological polar surface area (TPSA) is 53.1 Å². The molecule has 1 unspecified atom stereocenters. The van der Waals surface area contributed by atoms with Gasteiger partial charge in [-0.25, -0.2) is 0 Å². The predicted molar refractivity (Wildman–Crippen MR) is 58.1 cm³/mol. The van der Waals surface area contributed by atoms with Crippen LogP contribution >= 0.6 is 0 Å². The van der Waals surface area contributed by atoms with Gasteiger partial charge in [0, 0.05) is 0 Å². The summed E-state index contributed by atoms with van der Waals surface area (Å²) >= 11 is 0. The van der Waals surface area contributed by atoms with Crippen molar-refractivity contribution in [1.82, 2.24) is 4.90 Å². The van der Waals surface area contributed by atoms with E-state index >= 15 is 0 Å². The number of rotatable bonds is 7. The van der Waals surface area contributed by atoms with Crippen LogP contribution < -0.4 is 5.73 Å². The Kier molecular flexibility index (Phi) is 6.59. The molecule has 0 saturated heterocycles. The highest BCUT2D eigenvalue weighted by Crippen LogP contribution is 2.05. The zero-order valence-corrected chi connectivity index (χ0v) is 9.14. The molecule has 3 N–H and O–H groups in total. The molecule has 0 aliphatic rings. The quantitative estimate of drug-likeness (QED) is 0.469. The Labute approximate surface area is 81.8 Å². The second-order valence-electron chi connectivity index (χ2n) is 3.42. The molecular weight excluding hydrogens is 162 g/mol. The monoisotopic (exact) mass is 185 g/mol. The van der Waals surface area contributed by atoms with E-state index in [1.165, 1.54) is 0 Å². The molecule has 0 aromatic heterocycles. The molecule has 78 valence electrons. The van der Waals surface area contributed by atoms with Gasteiger partial charge in [-0.05, 0) is 32.4 Å². The lowest BCUT2D eigenvalue weighted by Gasteiger charge is -2.29. The molecule has 1 atom stereocenters. The van der Waals surface area contributed by atoms with E-state index < -0.39 is 0 Å². The largest absolute Gasteiger partial charge is 0.386 e. The fourth-order valence-electron chi connectivity index (χ4n) is 1.67. The van der Waals surface area contributed by atoms with Crippen LogP contribution in [0.4, 0.5) is 0 Å². The van der Waals surface area contributed by atoms with Crippen LogP contribution in [-0.4, -0.2) is 29.9 Å². The smallest absolute Gasteiger partial charge is 0.108 e. The average Bonchev–Trinajstić information content (AvgIpc) is 2.05. The van der Waals surface area contributed by atoms with Crippen LogP contribution in [0.15, 0.2) is 0 Å². The van der Waals surface area contributed by atoms with Crippen LogP contribution in [0.2, 0.25) is 0 Å². The van der Waals surface area contributed by atoms with Crippen molar-refractivity contribution in [1.29, 1.82) is 5.41 Å². The van der Waals surface area contributed by atoms with E-state index in [0.29, 0.717) is 5.84 Å². The van der Waals surface area contributed by atoms with Gasteiger partial charge < -0.3 is 5.73 Å². The fourth-order valence-corrected chi connectivity index (χ4v) is 1.67. The number of nitrogens with two attached hydrogens (primary N) is 1. The highest BCUT2D eigenvalue weighted by molar-refractivity contribution is 5.82. The van der Waals surface area contributed by atoms with Gasteiger partial charge in [0.2, 0.25) is 0 Å². The second kappa shape index (κ2) is 6.89. The molecule has 0 aliphatic carbocycles. The van der Waals surface area contributed by atoms with Gasteiger partial charge in [0.15, 0.2) is 0 Å². The molecule has 0 radical (unpaired) electrons. The Balaban J connectivity index is 4.20. The summed E-state index contributed by atoms with van der Waals surface area (Å²) in [6, 6.07) is 0.153. The van der Waals surface area contributed by atoms with Gasteiger partial charge in [0.05, 0.1) is 6.04 Å². The van der Waals surface area contributed by atoms with Gasteiger partial charge in [0.25, 0.3) is 0 Å². The van der Waals surface area contributed by atoms with Crippen molar-refractivity contribution in [2.75, 3.05) is 13.1 Å². The summed E-state index contributed by atoms with van der Waals surface area (Å²) in [4.78, 5) is 2.31. The maximum absolute atomic E-state index is 7.47. The molecule has 0 amide bonds. The van der Waals surface area contributed by atoms with Crippen molar-refractivity contribution in [2.45, 2.75) is 46.1 Å². The first-order valence-corrected chi connectivity index (χ1v) is 5.25. The first kappa shape index (κ1) is 12.4. The molecule has 3 heteroatoms. The molecule has 0 rings (SSSR count). The molecule has 0 aromatic carbocycles. The Bertz CT molecular complexity index is 139. The molecule has 0 bridgehead atoms. The summed E-state index contributed by atoms with van der Waals surface area (Å²) in [6.07, 6.45) is 3.20. The van der Waals surface area contributed by atoms with Crippen molar-refractivity contribution >= 4 is 5.84 Å². The summed E-state index contributed by atoms with van der Waals surface area (Å²) in [5.41, 5.74) is 5.55. The third-order valence-corrected chi connectivity index (χ3v) is 2.21. The van der Waals surface area contributed by atoms with Gasteiger partial charge in [-0.3, -0.25) is 10.3 Å². The van der Waals surface area contributed by atoms with Crippen molar-refractivity contribution in [3.8, 4) is 0 Å². The van der Waals surface area contributed by atoms with Gasteiger partial charge in [-0.2, -0.15) is 0 Å². The summed E-state index contributed by atoms with van der Waals surface area (Å²) in [5.74, 6) is 0.310. The van der Waals surface area contributed by atoms with E-state index in [2.05, 4.69) is 25.7 Å². The SMILES string of the molecule is CCCN(CCC)C(CC)C(=N)N. The average molecular weight is 185 g/mol. The van der Waals surface area contributed by atoms with E-state index in [4.69, 9.17) is 11.1 Å². The molecule has 0 heterocycles. The predicted octanol–water partition coefficient (Wildman–Crippen LogP) is 1.82. The highest BCUT2D eigenvalue weighted by atomic mass is 15.2. The summed E-state index contributed by atoms with van der Waals surface area (Å²) in [7, 11) is 0. The lowest BCUT2D eigenvalue weighted by molar-refractivity contribution is 0.236. The molecule has 0 aromatic rings. The zero-order valence-electron chi connectivity index (χ0n) is 9.14. The Morgan fingerprint density at radius 1 is 1.23 bits per heavy atom. The molecule has 13 heavy (non-hydrogen) atoms. The fraction of sp³-hybridized carbons (Fsp3) is 0.900.